The molecule has 1 unspecified atom stereocenters. The molecule has 5 nitrogen and oxygen atoms in total. The van der Waals surface area contributed by atoms with Crippen molar-refractivity contribution in [3.05, 3.63) is 0 Å². The molecule has 0 aliphatic heterocycles. The van der Waals surface area contributed by atoms with Crippen LogP contribution in [0.4, 0.5) is 0 Å². The number of aliphatic hydroxyl groups excluding tert-OH is 1. The van der Waals surface area contributed by atoms with Crippen molar-refractivity contribution in [1.29, 1.82) is 0 Å². The van der Waals surface area contributed by atoms with Gasteiger partial charge in [-0.3, -0.25) is 0 Å². The summed E-state index contributed by atoms with van der Waals surface area (Å²) < 4.78 is 8.23. The zero-order valence-electron chi connectivity index (χ0n) is 6.36. The van der Waals surface area contributed by atoms with Gasteiger partial charge in [0, 0.05) is 6.42 Å². The summed E-state index contributed by atoms with van der Waals surface area (Å²) in [4.78, 5) is 20.8. The summed E-state index contributed by atoms with van der Waals surface area (Å²) in [6.45, 7) is 1.61. The maximum Gasteiger partial charge on any atom is 0.419 e. The zero-order valence-corrected chi connectivity index (χ0v) is 6.36. The second-order valence-corrected chi connectivity index (χ2v) is 1.76. The van der Waals surface area contributed by atoms with E-state index in [9.17, 15) is 9.59 Å². The van der Waals surface area contributed by atoms with Crippen LogP contribution in [-0.4, -0.2) is 30.4 Å². The first-order valence-electron chi connectivity index (χ1n) is 3.08. The smallest absolute Gasteiger partial charge is 0.419 e. The molecular weight excluding hydrogens is 152 g/mol. The first-order valence-corrected chi connectivity index (χ1v) is 3.08. The summed E-state index contributed by atoms with van der Waals surface area (Å²) in [7, 11) is 1.06. The fourth-order valence-electron chi connectivity index (χ4n) is 0.338. The average Bonchev–Trinajstić information content (AvgIpc) is 2.02. The van der Waals surface area contributed by atoms with Crippen molar-refractivity contribution in [2.45, 2.75) is 19.6 Å². The number of carbonyl (C=O) groups is 2. The number of carbonyl (C=O) groups excluding carboxylic acids is 2. The summed E-state index contributed by atoms with van der Waals surface area (Å²) in [5.74, 6) is -2.29. The van der Waals surface area contributed by atoms with Crippen LogP contribution in [0.2, 0.25) is 0 Å². The highest BCUT2D eigenvalue weighted by atomic mass is 16.7. The fourth-order valence-corrected chi connectivity index (χ4v) is 0.338. The van der Waals surface area contributed by atoms with Gasteiger partial charge in [-0.2, -0.15) is 0 Å². The molecule has 5 heteroatoms. The molecule has 0 aliphatic carbocycles. The van der Waals surface area contributed by atoms with Gasteiger partial charge in [-0.1, -0.05) is 6.92 Å². The van der Waals surface area contributed by atoms with Gasteiger partial charge in [-0.15, -0.1) is 0 Å². The Labute approximate surface area is 63.9 Å². The van der Waals surface area contributed by atoms with E-state index in [4.69, 9.17) is 5.11 Å². The SMILES string of the molecule is CCC(O)OC(=O)C(=O)OC. The maximum atomic E-state index is 10.5. The Morgan fingerprint density at radius 3 is 2.36 bits per heavy atom. The molecule has 64 valence electrons. The summed E-state index contributed by atoms with van der Waals surface area (Å²) >= 11 is 0. The minimum Gasteiger partial charge on any atom is -0.461 e. The molecule has 0 amide bonds. The number of hydrogen-bond acceptors (Lipinski definition) is 5. The molecule has 0 aromatic carbocycles. The van der Waals surface area contributed by atoms with Gasteiger partial charge < -0.3 is 14.6 Å². The van der Waals surface area contributed by atoms with E-state index in [0.717, 1.165) is 7.11 Å². The molecule has 0 heterocycles. The molecule has 0 bridgehead atoms. The second-order valence-electron chi connectivity index (χ2n) is 1.76. The molecule has 0 saturated heterocycles. The average molecular weight is 162 g/mol. The molecular formula is C6H10O5. The fraction of sp³-hybridized carbons (Fsp3) is 0.667. The number of rotatable bonds is 2. The van der Waals surface area contributed by atoms with Crippen LogP contribution >= 0.6 is 0 Å². The Kier molecular flexibility index (Phi) is 4.21. The van der Waals surface area contributed by atoms with E-state index in [2.05, 4.69) is 9.47 Å². The van der Waals surface area contributed by atoms with Gasteiger partial charge in [0.25, 0.3) is 0 Å². The van der Waals surface area contributed by atoms with Crippen molar-refractivity contribution in [2.24, 2.45) is 0 Å². The van der Waals surface area contributed by atoms with Gasteiger partial charge in [0.15, 0.2) is 0 Å². The number of ether oxygens (including phenoxy) is 2. The third-order valence-corrected chi connectivity index (χ3v) is 0.944. The highest BCUT2D eigenvalue weighted by Gasteiger charge is 2.18. The molecule has 0 aromatic heterocycles. The van der Waals surface area contributed by atoms with Crippen molar-refractivity contribution < 1.29 is 24.2 Å². The standard InChI is InChI=1S/C6H10O5/c1-3-4(7)11-6(9)5(8)10-2/h4,7H,3H2,1-2H3. The topological polar surface area (TPSA) is 72.8 Å². The molecule has 0 rings (SSSR count). The van der Waals surface area contributed by atoms with Crippen molar-refractivity contribution in [3.8, 4) is 0 Å². The molecule has 0 radical (unpaired) electrons. The van der Waals surface area contributed by atoms with Crippen LogP contribution in [0.1, 0.15) is 13.3 Å². The molecule has 0 spiro atoms. The molecule has 1 N–H and O–H groups in total. The van der Waals surface area contributed by atoms with E-state index in [1.165, 1.54) is 0 Å². The Morgan fingerprint density at radius 1 is 1.45 bits per heavy atom. The minimum absolute atomic E-state index is 0.239. The summed E-state index contributed by atoms with van der Waals surface area (Å²) in [6, 6.07) is 0. The van der Waals surface area contributed by atoms with Crippen LogP contribution in [0.3, 0.4) is 0 Å². The predicted octanol–water partition coefficient (Wildman–Crippen LogP) is -0.569. The molecule has 1 atom stereocenters. The number of methoxy groups -OCH3 is 1. The lowest BCUT2D eigenvalue weighted by Crippen LogP contribution is -2.24. The van der Waals surface area contributed by atoms with Gasteiger partial charge >= 0.3 is 11.9 Å². The lowest BCUT2D eigenvalue weighted by molar-refractivity contribution is -0.181. The van der Waals surface area contributed by atoms with Gasteiger partial charge in [-0.05, 0) is 0 Å². The van der Waals surface area contributed by atoms with Gasteiger partial charge in [0.1, 0.15) is 0 Å². The van der Waals surface area contributed by atoms with Crippen LogP contribution in [-0.2, 0) is 19.1 Å². The van der Waals surface area contributed by atoms with Gasteiger partial charge in [0.2, 0.25) is 6.29 Å². The number of esters is 2. The van der Waals surface area contributed by atoms with Crippen LogP contribution in [0.25, 0.3) is 0 Å². The summed E-state index contributed by atoms with van der Waals surface area (Å²) in [6.07, 6.45) is -0.996. The van der Waals surface area contributed by atoms with E-state index in [1.807, 2.05) is 0 Å². The lowest BCUT2D eigenvalue weighted by Gasteiger charge is -2.07. The van der Waals surface area contributed by atoms with E-state index < -0.39 is 18.2 Å². The first kappa shape index (κ1) is 9.90. The molecule has 0 aliphatic rings. The normalized spacial score (nSPS) is 11.9. The van der Waals surface area contributed by atoms with Crippen LogP contribution in [0, 0.1) is 0 Å². The van der Waals surface area contributed by atoms with E-state index in [0.29, 0.717) is 0 Å². The maximum absolute atomic E-state index is 10.5. The first-order chi connectivity index (χ1) is 5.11. The van der Waals surface area contributed by atoms with E-state index >= 15 is 0 Å². The summed E-state index contributed by atoms with van der Waals surface area (Å²) in [5.41, 5.74) is 0. The third-order valence-electron chi connectivity index (χ3n) is 0.944. The van der Waals surface area contributed by atoms with E-state index in [-0.39, 0.29) is 6.42 Å². The number of aliphatic hydroxyl groups is 1. The van der Waals surface area contributed by atoms with Crippen LogP contribution < -0.4 is 0 Å². The molecule has 0 fully saturated rings. The zero-order chi connectivity index (χ0) is 8.85. The second kappa shape index (κ2) is 4.68. The van der Waals surface area contributed by atoms with Crippen molar-refractivity contribution in [1.82, 2.24) is 0 Å². The van der Waals surface area contributed by atoms with Crippen LogP contribution in [0.15, 0.2) is 0 Å². The van der Waals surface area contributed by atoms with Crippen molar-refractivity contribution in [3.63, 3.8) is 0 Å². The Balaban J connectivity index is 3.77. The quantitative estimate of drug-likeness (QED) is 0.334. The minimum atomic E-state index is -1.23. The van der Waals surface area contributed by atoms with Gasteiger partial charge in [-0.25, -0.2) is 9.59 Å². The Hall–Kier alpha value is -1.10. The highest BCUT2D eigenvalue weighted by Crippen LogP contribution is 1.93. The summed E-state index contributed by atoms with van der Waals surface area (Å²) in [5, 5.41) is 8.72. The highest BCUT2D eigenvalue weighted by molar-refractivity contribution is 6.29. The molecule has 0 saturated carbocycles. The molecule has 0 aromatic rings. The lowest BCUT2D eigenvalue weighted by atomic mass is 10.5. The van der Waals surface area contributed by atoms with Gasteiger partial charge in [0.05, 0.1) is 7.11 Å². The predicted molar refractivity (Wildman–Crippen MR) is 34.4 cm³/mol. The molecule has 11 heavy (non-hydrogen) atoms. The monoisotopic (exact) mass is 162 g/mol. The largest absolute Gasteiger partial charge is 0.461 e. The third kappa shape index (κ3) is 3.57. The van der Waals surface area contributed by atoms with Crippen molar-refractivity contribution in [2.75, 3.05) is 7.11 Å². The Bertz CT molecular complexity index is 153. The van der Waals surface area contributed by atoms with Crippen LogP contribution in [0.5, 0.6) is 0 Å². The number of hydrogen-bond donors (Lipinski definition) is 1. The Morgan fingerprint density at radius 2 is 2.00 bits per heavy atom. The van der Waals surface area contributed by atoms with Crippen molar-refractivity contribution >= 4 is 11.9 Å². The van der Waals surface area contributed by atoms with E-state index in [1.54, 1.807) is 6.92 Å².